The van der Waals surface area contributed by atoms with Crippen molar-refractivity contribution < 1.29 is 9.59 Å². The van der Waals surface area contributed by atoms with E-state index in [0.29, 0.717) is 13.0 Å². The summed E-state index contributed by atoms with van der Waals surface area (Å²) < 4.78 is -0.701. The van der Waals surface area contributed by atoms with E-state index in [-0.39, 0.29) is 5.91 Å². The van der Waals surface area contributed by atoms with Crippen molar-refractivity contribution >= 4 is 27.7 Å². The number of rotatable bonds is 2. The van der Waals surface area contributed by atoms with Crippen molar-refractivity contribution in [2.75, 3.05) is 0 Å². The zero-order chi connectivity index (χ0) is 14.2. The lowest BCUT2D eigenvalue weighted by atomic mass is 9.92. The lowest BCUT2D eigenvalue weighted by Gasteiger charge is -2.38. The summed E-state index contributed by atoms with van der Waals surface area (Å²) in [6.45, 7) is 3.97. The standard InChI is InChI=1S/C14H17BrN2O2/c1-14(2,15)13(19)17-8-10-6-4-3-5-9(10)7-11(17)12(16)18/h3-6,11H,7-8H2,1-2H3,(H2,16,18)/t11-/m0/s1. The van der Waals surface area contributed by atoms with Crippen molar-refractivity contribution in [3.8, 4) is 0 Å². The number of benzene rings is 1. The molecular formula is C14H17BrN2O2. The van der Waals surface area contributed by atoms with E-state index in [4.69, 9.17) is 5.73 Å². The highest BCUT2D eigenvalue weighted by Crippen LogP contribution is 2.28. The second-order valence-electron chi connectivity index (χ2n) is 5.30. The smallest absolute Gasteiger partial charge is 0.240 e. The summed E-state index contributed by atoms with van der Waals surface area (Å²) in [5.74, 6) is -0.578. The van der Waals surface area contributed by atoms with E-state index in [1.54, 1.807) is 18.7 Å². The average Bonchev–Trinajstić information content (AvgIpc) is 2.35. The van der Waals surface area contributed by atoms with Gasteiger partial charge in [0.1, 0.15) is 6.04 Å². The zero-order valence-electron chi connectivity index (χ0n) is 11.0. The molecule has 102 valence electrons. The molecule has 0 radical (unpaired) electrons. The minimum absolute atomic E-state index is 0.120. The molecule has 0 saturated carbocycles. The second kappa shape index (κ2) is 4.96. The molecule has 19 heavy (non-hydrogen) atoms. The van der Waals surface area contributed by atoms with Crippen LogP contribution in [0.25, 0.3) is 0 Å². The van der Waals surface area contributed by atoms with Gasteiger partial charge in [-0.05, 0) is 25.0 Å². The lowest BCUT2D eigenvalue weighted by molar-refractivity contribution is -0.141. The van der Waals surface area contributed by atoms with Gasteiger partial charge >= 0.3 is 0 Å². The highest BCUT2D eigenvalue weighted by molar-refractivity contribution is 9.10. The summed E-state index contributed by atoms with van der Waals surface area (Å²) in [5.41, 5.74) is 7.61. The van der Waals surface area contributed by atoms with Crippen molar-refractivity contribution in [2.24, 2.45) is 5.73 Å². The van der Waals surface area contributed by atoms with Crippen LogP contribution in [0.3, 0.4) is 0 Å². The van der Waals surface area contributed by atoms with Crippen molar-refractivity contribution in [3.05, 3.63) is 35.4 Å². The number of alkyl halides is 1. The maximum absolute atomic E-state index is 12.4. The summed E-state index contributed by atoms with van der Waals surface area (Å²) in [4.78, 5) is 25.6. The number of nitrogens with zero attached hydrogens (tertiary/aromatic N) is 1. The number of carbonyl (C=O) groups is 2. The van der Waals surface area contributed by atoms with Crippen LogP contribution in [-0.4, -0.2) is 27.1 Å². The molecule has 1 aromatic rings. The van der Waals surface area contributed by atoms with Gasteiger partial charge < -0.3 is 10.6 Å². The Balaban J connectivity index is 2.37. The molecule has 1 aliphatic heterocycles. The Morgan fingerprint density at radius 3 is 2.42 bits per heavy atom. The average molecular weight is 325 g/mol. The second-order valence-corrected chi connectivity index (χ2v) is 7.28. The van der Waals surface area contributed by atoms with Crippen LogP contribution in [0.1, 0.15) is 25.0 Å². The minimum Gasteiger partial charge on any atom is -0.368 e. The number of hydrogen-bond acceptors (Lipinski definition) is 2. The molecule has 5 heteroatoms. The molecule has 0 spiro atoms. The van der Waals surface area contributed by atoms with E-state index in [1.807, 2.05) is 24.3 Å². The monoisotopic (exact) mass is 324 g/mol. The van der Waals surface area contributed by atoms with E-state index in [0.717, 1.165) is 11.1 Å². The molecule has 0 bridgehead atoms. The van der Waals surface area contributed by atoms with Crippen LogP contribution in [-0.2, 0) is 22.6 Å². The van der Waals surface area contributed by atoms with Crippen molar-refractivity contribution in [1.82, 2.24) is 4.90 Å². The van der Waals surface area contributed by atoms with Gasteiger partial charge in [0, 0.05) is 13.0 Å². The Hall–Kier alpha value is -1.36. The Morgan fingerprint density at radius 1 is 1.32 bits per heavy atom. The van der Waals surface area contributed by atoms with Crippen molar-refractivity contribution in [1.29, 1.82) is 0 Å². The number of nitrogens with two attached hydrogens (primary N) is 1. The van der Waals surface area contributed by atoms with Crippen LogP contribution < -0.4 is 5.73 Å². The van der Waals surface area contributed by atoms with Crippen LogP contribution in [0, 0.1) is 0 Å². The van der Waals surface area contributed by atoms with Crippen LogP contribution in [0.5, 0.6) is 0 Å². The molecule has 1 atom stereocenters. The Morgan fingerprint density at radius 2 is 1.89 bits per heavy atom. The number of amides is 2. The molecule has 0 aliphatic carbocycles. The van der Waals surface area contributed by atoms with Gasteiger partial charge in [-0.15, -0.1) is 0 Å². The Bertz CT molecular complexity index is 522. The molecule has 0 saturated heterocycles. The normalized spacial score (nSPS) is 18.9. The number of carbonyl (C=O) groups excluding carboxylic acids is 2. The van der Waals surface area contributed by atoms with Crippen LogP contribution in [0.2, 0.25) is 0 Å². The molecule has 2 rings (SSSR count). The molecular weight excluding hydrogens is 308 g/mol. The fourth-order valence-corrected chi connectivity index (χ4v) is 2.56. The molecule has 2 amide bonds. The third-order valence-corrected chi connectivity index (χ3v) is 3.69. The molecule has 0 fully saturated rings. The summed E-state index contributed by atoms with van der Waals surface area (Å²) in [5, 5.41) is 0. The lowest BCUT2D eigenvalue weighted by Crippen LogP contribution is -2.54. The van der Waals surface area contributed by atoms with Crippen LogP contribution in [0.15, 0.2) is 24.3 Å². The summed E-state index contributed by atoms with van der Waals surface area (Å²) in [6.07, 6.45) is 0.486. The molecule has 0 unspecified atom stereocenters. The van der Waals surface area contributed by atoms with Gasteiger partial charge in [0.25, 0.3) is 0 Å². The maximum atomic E-state index is 12.4. The van der Waals surface area contributed by atoms with Crippen LogP contribution >= 0.6 is 15.9 Å². The maximum Gasteiger partial charge on any atom is 0.240 e. The summed E-state index contributed by atoms with van der Waals surface area (Å²) in [6, 6.07) is 7.26. The first-order valence-electron chi connectivity index (χ1n) is 6.17. The van der Waals surface area contributed by atoms with Gasteiger partial charge in [0.05, 0.1) is 4.32 Å². The predicted molar refractivity (Wildman–Crippen MR) is 76.7 cm³/mol. The quantitative estimate of drug-likeness (QED) is 0.840. The number of halogens is 1. The molecule has 1 aliphatic rings. The third kappa shape index (κ3) is 2.81. The first kappa shape index (κ1) is 14.1. The van der Waals surface area contributed by atoms with Gasteiger partial charge in [0.2, 0.25) is 11.8 Å². The summed E-state index contributed by atoms with van der Waals surface area (Å²) in [7, 11) is 0. The van der Waals surface area contributed by atoms with E-state index in [9.17, 15) is 9.59 Å². The zero-order valence-corrected chi connectivity index (χ0v) is 12.6. The number of hydrogen-bond donors (Lipinski definition) is 1. The fourth-order valence-electron chi connectivity index (χ4n) is 2.33. The SMILES string of the molecule is CC(C)(Br)C(=O)N1Cc2ccccc2C[C@H]1C(N)=O. The van der Waals surface area contributed by atoms with Gasteiger partial charge in [-0.25, -0.2) is 0 Å². The number of fused-ring (bicyclic) bond motifs is 1. The minimum atomic E-state index is -0.701. The van der Waals surface area contributed by atoms with Gasteiger partial charge in [-0.2, -0.15) is 0 Å². The largest absolute Gasteiger partial charge is 0.368 e. The van der Waals surface area contributed by atoms with Crippen LogP contribution in [0.4, 0.5) is 0 Å². The first-order valence-corrected chi connectivity index (χ1v) is 6.96. The molecule has 1 aromatic carbocycles. The first-order chi connectivity index (χ1) is 8.80. The number of primary amides is 1. The highest BCUT2D eigenvalue weighted by Gasteiger charge is 2.38. The predicted octanol–water partition coefficient (Wildman–Crippen LogP) is 1.60. The Labute approximate surface area is 121 Å². The fraction of sp³-hybridized carbons (Fsp3) is 0.429. The molecule has 1 heterocycles. The van der Waals surface area contributed by atoms with E-state index in [1.165, 1.54) is 0 Å². The highest BCUT2D eigenvalue weighted by atomic mass is 79.9. The Kier molecular flexibility index (Phi) is 3.67. The van der Waals surface area contributed by atoms with E-state index >= 15 is 0 Å². The molecule has 2 N–H and O–H groups in total. The topological polar surface area (TPSA) is 63.4 Å². The van der Waals surface area contributed by atoms with Crippen molar-refractivity contribution in [3.63, 3.8) is 0 Å². The van der Waals surface area contributed by atoms with Gasteiger partial charge in [-0.1, -0.05) is 40.2 Å². The van der Waals surface area contributed by atoms with E-state index < -0.39 is 16.3 Å². The molecule has 0 aromatic heterocycles. The van der Waals surface area contributed by atoms with E-state index in [2.05, 4.69) is 15.9 Å². The van der Waals surface area contributed by atoms with Gasteiger partial charge in [0.15, 0.2) is 0 Å². The molecule has 4 nitrogen and oxygen atoms in total. The van der Waals surface area contributed by atoms with Gasteiger partial charge in [-0.3, -0.25) is 9.59 Å². The summed E-state index contributed by atoms with van der Waals surface area (Å²) >= 11 is 3.35. The third-order valence-electron chi connectivity index (χ3n) is 3.35. The van der Waals surface area contributed by atoms with Crippen molar-refractivity contribution in [2.45, 2.75) is 37.2 Å².